The predicted molar refractivity (Wildman–Crippen MR) is 186 cm³/mol. The molecule has 0 aliphatic heterocycles. The molecule has 0 radical (unpaired) electrons. The minimum absolute atomic E-state index is 0.0660. The van der Waals surface area contributed by atoms with Crippen LogP contribution in [-0.2, 0) is 33.5 Å². The number of carbonyl (C=O) groups is 6. The molecule has 3 aromatic rings. The number of carbonyl (C=O) groups excluding carboxylic acids is 5. The molecule has 17 heteroatoms. The number of carboxylic acids is 1. The normalized spacial score (nSPS) is 14.3. The molecule has 2 unspecified atom stereocenters. The van der Waals surface area contributed by atoms with Crippen LogP contribution in [0.4, 0.5) is 23.2 Å². The second-order valence-electron chi connectivity index (χ2n) is 13.7. The average Bonchev–Trinajstić information content (AvgIpc) is 3.08. The third-order valence-corrected chi connectivity index (χ3v) is 8.34. The monoisotopic (exact) mass is 773 g/mol. The highest BCUT2D eigenvalue weighted by atomic mass is 19.2. The minimum Gasteiger partial charge on any atom is -0.481 e. The Kier molecular flexibility index (Phi) is 13.6. The number of hydrogen-bond donors (Lipinski definition) is 4. The van der Waals surface area contributed by atoms with Gasteiger partial charge in [-0.3, -0.25) is 28.8 Å². The molecular weight excluding hydrogens is 734 g/mol. The van der Waals surface area contributed by atoms with Crippen LogP contribution in [0.2, 0.25) is 0 Å². The van der Waals surface area contributed by atoms with Crippen molar-refractivity contribution in [3.05, 3.63) is 83.9 Å². The van der Waals surface area contributed by atoms with Crippen molar-refractivity contribution < 1.29 is 65.6 Å². The van der Waals surface area contributed by atoms with Crippen LogP contribution in [0.3, 0.4) is 0 Å². The number of para-hydroxylation sites is 1. The van der Waals surface area contributed by atoms with Gasteiger partial charge in [-0.15, -0.1) is 0 Å². The first-order valence-corrected chi connectivity index (χ1v) is 17.1. The number of ether oxygens (including phenoxy) is 3. The summed E-state index contributed by atoms with van der Waals surface area (Å²) in [5, 5.41) is 16.7. The number of esters is 1. The van der Waals surface area contributed by atoms with Gasteiger partial charge in [-0.25, -0.2) is 8.78 Å². The van der Waals surface area contributed by atoms with E-state index in [0.717, 1.165) is 0 Å². The number of amides is 3. The number of nitrogens with one attached hydrogen (secondary N) is 3. The van der Waals surface area contributed by atoms with Gasteiger partial charge in [0.25, 0.3) is 0 Å². The predicted octanol–water partition coefficient (Wildman–Crippen LogP) is 5.36. The van der Waals surface area contributed by atoms with Crippen LogP contribution in [0.1, 0.15) is 59.3 Å². The topological polar surface area (TPSA) is 186 Å². The van der Waals surface area contributed by atoms with Crippen molar-refractivity contribution >= 4 is 41.1 Å². The van der Waals surface area contributed by atoms with Gasteiger partial charge in [0.1, 0.15) is 41.2 Å². The quantitative estimate of drug-likeness (QED) is 0.0603. The zero-order valence-corrected chi connectivity index (χ0v) is 30.0. The highest BCUT2D eigenvalue weighted by Crippen LogP contribution is 2.42. The Hall–Kier alpha value is -6.00. The largest absolute Gasteiger partial charge is 0.481 e. The summed E-state index contributed by atoms with van der Waals surface area (Å²) in [7, 11) is 0. The molecule has 3 amide bonds. The number of rotatable bonds is 17. The third kappa shape index (κ3) is 11.3. The van der Waals surface area contributed by atoms with Gasteiger partial charge in [-0.2, -0.15) is 8.78 Å². The second kappa shape index (κ2) is 17.9. The van der Waals surface area contributed by atoms with Crippen LogP contribution < -0.4 is 25.4 Å². The fourth-order valence-corrected chi connectivity index (χ4v) is 5.43. The highest BCUT2D eigenvalue weighted by Gasteiger charge is 2.52. The molecule has 1 saturated carbocycles. The van der Waals surface area contributed by atoms with Crippen molar-refractivity contribution in [3.8, 4) is 17.2 Å². The van der Waals surface area contributed by atoms with Gasteiger partial charge in [-0.1, -0.05) is 30.7 Å². The summed E-state index contributed by atoms with van der Waals surface area (Å²) in [5.41, 5.74) is -2.70. The van der Waals surface area contributed by atoms with Crippen LogP contribution in [0.15, 0.2) is 60.7 Å². The number of halogens is 4. The number of aliphatic carboxylic acids is 1. The fourth-order valence-electron chi connectivity index (χ4n) is 5.43. The van der Waals surface area contributed by atoms with Crippen molar-refractivity contribution in [2.24, 2.45) is 5.41 Å². The fraction of sp³-hybridized carbons (Fsp3) is 0.368. The van der Waals surface area contributed by atoms with Gasteiger partial charge in [0, 0.05) is 24.2 Å². The van der Waals surface area contributed by atoms with Gasteiger partial charge < -0.3 is 35.3 Å². The maximum Gasteiger partial charge on any atom is 0.308 e. The zero-order valence-electron chi connectivity index (χ0n) is 30.0. The molecular formula is C38H39F4N3O10. The first-order chi connectivity index (χ1) is 25.9. The Morgan fingerprint density at radius 1 is 0.818 bits per heavy atom. The molecule has 1 aliphatic carbocycles. The Bertz CT molecular complexity index is 1910. The summed E-state index contributed by atoms with van der Waals surface area (Å²) < 4.78 is 71.6. The molecule has 1 aliphatic rings. The SMILES string of the molecule is CC(C)(C)OC(=O)CC(NC(=O)C1(C(=O)NC(CCC(=O)O)C(=O)Nc2cccc(Oc3ccccc3)c2)CCC1)C(=O)COc1c(F)c(F)cc(F)c1F. The first-order valence-electron chi connectivity index (χ1n) is 17.1. The van der Waals surface area contributed by atoms with Crippen molar-refractivity contribution in [1.82, 2.24) is 10.6 Å². The van der Waals surface area contributed by atoms with Crippen molar-refractivity contribution in [3.63, 3.8) is 0 Å². The summed E-state index contributed by atoms with van der Waals surface area (Å²) >= 11 is 0. The number of anilines is 1. The number of carboxylic acid groups (broad SMARTS) is 1. The molecule has 0 bridgehead atoms. The standard InChI is InChI=1S/C38H39F4N3O10/c1-37(2,3)55-30(49)19-27(28(46)20-53-33-31(41)24(39)18-25(40)32(33)42)45-36(52)38(15-8-16-38)35(51)44-26(13-14-29(47)48)34(50)43-21-9-7-12-23(17-21)54-22-10-5-4-6-11-22/h4-7,9-12,17-18,26-27H,8,13-16,19-20H2,1-3H3,(H,43,50)(H,44,51)(H,45,52)(H,47,48). The van der Waals surface area contributed by atoms with Crippen LogP contribution in [0.5, 0.6) is 17.2 Å². The lowest BCUT2D eigenvalue weighted by Crippen LogP contribution is -2.60. The van der Waals surface area contributed by atoms with E-state index in [2.05, 4.69) is 16.0 Å². The zero-order chi connectivity index (χ0) is 40.5. The molecule has 1 fully saturated rings. The molecule has 294 valence electrons. The summed E-state index contributed by atoms with van der Waals surface area (Å²) in [6, 6.07) is 11.7. The first kappa shape index (κ1) is 41.8. The second-order valence-corrected chi connectivity index (χ2v) is 13.7. The number of Topliss-reactive ketones (excluding diaryl/α,β-unsaturated/α-hetero) is 1. The van der Waals surface area contributed by atoms with Crippen molar-refractivity contribution in [2.75, 3.05) is 11.9 Å². The summed E-state index contributed by atoms with van der Waals surface area (Å²) in [6.07, 6.45) is -1.59. The lowest BCUT2D eigenvalue weighted by Gasteiger charge is -2.40. The van der Waals surface area contributed by atoms with E-state index in [1.54, 1.807) is 42.5 Å². The maximum absolute atomic E-state index is 14.2. The summed E-state index contributed by atoms with van der Waals surface area (Å²) in [6.45, 7) is 3.28. The molecule has 0 aromatic heterocycles. The van der Waals surface area contributed by atoms with Gasteiger partial charge in [0.05, 0.1) is 6.42 Å². The molecule has 0 saturated heterocycles. The highest BCUT2D eigenvalue weighted by molar-refractivity contribution is 6.09. The maximum atomic E-state index is 14.2. The van der Waals surface area contributed by atoms with E-state index in [1.165, 1.54) is 32.9 Å². The Balaban J connectivity index is 1.52. The smallest absolute Gasteiger partial charge is 0.308 e. The van der Waals surface area contributed by atoms with E-state index in [1.807, 2.05) is 0 Å². The van der Waals surface area contributed by atoms with E-state index in [-0.39, 0.29) is 31.0 Å². The van der Waals surface area contributed by atoms with E-state index in [0.29, 0.717) is 17.9 Å². The van der Waals surface area contributed by atoms with E-state index >= 15 is 0 Å². The third-order valence-electron chi connectivity index (χ3n) is 8.34. The lowest BCUT2D eigenvalue weighted by molar-refractivity contribution is -0.157. The van der Waals surface area contributed by atoms with Gasteiger partial charge in [0.15, 0.2) is 23.2 Å². The summed E-state index contributed by atoms with van der Waals surface area (Å²) in [5.74, 6) is -14.5. The van der Waals surface area contributed by atoms with Crippen molar-refractivity contribution in [1.29, 1.82) is 0 Å². The van der Waals surface area contributed by atoms with E-state index in [9.17, 15) is 51.4 Å². The Morgan fingerprint density at radius 3 is 1.98 bits per heavy atom. The van der Waals surface area contributed by atoms with Gasteiger partial charge >= 0.3 is 11.9 Å². The number of hydrogen-bond acceptors (Lipinski definition) is 9. The van der Waals surface area contributed by atoms with Crippen LogP contribution in [0, 0.1) is 28.7 Å². The molecule has 13 nitrogen and oxygen atoms in total. The van der Waals surface area contributed by atoms with Gasteiger partial charge in [-0.05, 0) is 64.3 Å². The molecule has 2 atom stereocenters. The molecule has 4 N–H and O–H groups in total. The van der Waals surface area contributed by atoms with Crippen LogP contribution >= 0.6 is 0 Å². The Labute approximate surface area is 312 Å². The molecule has 55 heavy (non-hydrogen) atoms. The van der Waals surface area contributed by atoms with Crippen molar-refractivity contribution in [2.45, 2.75) is 77.0 Å². The molecule has 0 spiro atoms. The minimum atomic E-state index is -1.93. The lowest BCUT2D eigenvalue weighted by atomic mass is 9.67. The number of ketones is 1. The summed E-state index contributed by atoms with van der Waals surface area (Å²) in [4.78, 5) is 78.5. The molecule has 0 heterocycles. The number of benzene rings is 3. The average molecular weight is 774 g/mol. The molecule has 4 rings (SSSR count). The van der Waals surface area contributed by atoms with Crippen LogP contribution in [-0.4, -0.2) is 64.8 Å². The Morgan fingerprint density at radius 2 is 1.42 bits per heavy atom. The van der Waals surface area contributed by atoms with Crippen LogP contribution in [0.25, 0.3) is 0 Å². The van der Waals surface area contributed by atoms with E-state index < -0.39 is 107 Å². The van der Waals surface area contributed by atoms with Gasteiger partial charge in [0.2, 0.25) is 29.4 Å². The molecule has 3 aromatic carbocycles. The van der Waals surface area contributed by atoms with E-state index in [4.69, 9.17) is 14.2 Å².